The number of hydrogen-bond acceptors (Lipinski definition) is 6. The summed E-state index contributed by atoms with van der Waals surface area (Å²) in [5.41, 5.74) is 9.23. The Morgan fingerprint density at radius 2 is 1.72 bits per heavy atom. The number of ether oxygens (including phenoxy) is 1. The van der Waals surface area contributed by atoms with Gasteiger partial charge in [0.2, 0.25) is 0 Å². The number of nitrogens with two attached hydrogens (primary N) is 1. The molecule has 0 spiro atoms. The molecular formula is C28H35N5O3. The maximum Gasteiger partial charge on any atom is 0.410 e. The molecule has 2 aromatic carbocycles. The number of nitrogens with one attached hydrogen (secondary N) is 1. The molecule has 0 fully saturated rings. The van der Waals surface area contributed by atoms with Crippen LogP contribution in [0.3, 0.4) is 0 Å². The first-order valence-corrected chi connectivity index (χ1v) is 12.1. The molecule has 190 valence electrons. The second-order valence-corrected chi connectivity index (χ2v) is 8.90. The Morgan fingerprint density at radius 1 is 1.00 bits per heavy atom. The highest BCUT2D eigenvalue weighted by Crippen LogP contribution is 2.26. The molecule has 2 atom stereocenters. The minimum Gasteiger partial charge on any atom is -0.441 e. The van der Waals surface area contributed by atoms with E-state index < -0.39 is 6.10 Å². The third-order valence-corrected chi connectivity index (χ3v) is 6.02. The van der Waals surface area contributed by atoms with Crippen molar-refractivity contribution in [1.82, 2.24) is 14.8 Å². The first-order valence-electron chi connectivity index (χ1n) is 12.1. The van der Waals surface area contributed by atoms with Crippen LogP contribution in [-0.2, 0) is 4.74 Å². The number of nitrogen functional groups attached to an aromatic ring is 1. The first-order chi connectivity index (χ1) is 17.3. The van der Waals surface area contributed by atoms with E-state index in [1.807, 2.05) is 69.2 Å². The normalized spacial score (nSPS) is 12.6. The molecule has 0 aliphatic heterocycles. The third-order valence-electron chi connectivity index (χ3n) is 6.02. The summed E-state index contributed by atoms with van der Waals surface area (Å²) >= 11 is 0. The summed E-state index contributed by atoms with van der Waals surface area (Å²) in [6.07, 6.45) is 3.25. The maximum atomic E-state index is 13.3. The molecule has 0 unspecified atom stereocenters. The fourth-order valence-corrected chi connectivity index (χ4v) is 3.78. The number of hydrogen-bond donors (Lipinski definition) is 2. The molecule has 0 aliphatic carbocycles. The van der Waals surface area contributed by atoms with E-state index in [4.69, 9.17) is 10.5 Å². The summed E-state index contributed by atoms with van der Waals surface area (Å²) in [5.74, 6) is -0.260. The second-order valence-electron chi connectivity index (χ2n) is 8.90. The van der Waals surface area contributed by atoms with E-state index in [1.165, 1.54) is 0 Å². The van der Waals surface area contributed by atoms with E-state index in [0.717, 1.165) is 11.1 Å². The summed E-state index contributed by atoms with van der Waals surface area (Å²) in [6.45, 7) is 5.15. The van der Waals surface area contributed by atoms with Crippen molar-refractivity contribution in [2.75, 3.05) is 38.2 Å². The number of para-hydroxylation sites is 2. The quantitative estimate of drug-likeness (QED) is 0.383. The number of pyridine rings is 1. The second kappa shape index (κ2) is 12.7. The Labute approximate surface area is 213 Å². The third kappa shape index (κ3) is 7.05. The number of likely N-dealkylation sites (N-methyl/N-ethyl adjacent to an activating group) is 1. The van der Waals surface area contributed by atoms with Crippen LogP contribution in [0.4, 0.5) is 16.2 Å². The first kappa shape index (κ1) is 26.7. The zero-order valence-corrected chi connectivity index (χ0v) is 21.3. The lowest BCUT2D eigenvalue weighted by Gasteiger charge is -2.31. The molecule has 0 bridgehead atoms. The monoisotopic (exact) mass is 489 g/mol. The van der Waals surface area contributed by atoms with Crippen LogP contribution in [0.15, 0.2) is 73.1 Å². The average Bonchev–Trinajstić information content (AvgIpc) is 2.89. The van der Waals surface area contributed by atoms with Crippen LogP contribution in [0, 0.1) is 0 Å². The van der Waals surface area contributed by atoms with Gasteiger partial charge in [0.25, 0.3) is 5.91 Å². The standard InChI is InChI=1S/C28H35N5O3/c1-5-26(21-12-14-22(15-13-21)27(34)31-25-11-7-6-10-24(25)29)36-28(35)33(18-17-32(3)4)20(2)23-9-8-16-30-19-23/h6-16,19-20,26H,5,17-18,29H2,1-4H3,(H,31,34)/t20-,26-/m0/s1. The van der Waals surface area contributed by atoms with Gasteiger partial charge in [0.05, 0.1) is 17.4 Å². The van der Waals surface area contributed by atoms with Gasteiger partial charge in [-0.05, 0) is 68.9 Å². The molecule has 0 saturated carbocycles. The zero-order chi connectivity index (χ0) is 26.1. The van der Waals surface area contributed by atoms with Gasteiger partial charge in [-0.25, -0.2) is 4.79 Å². The summed E-state index contributed by atoms with van der Waals surface area (Å²) < 4.78 is 5.97. The van der Waals surface area contributed by atoms with Gasteiger partial charge < -0.3 is 25.6 Å². The Balaban J connectivity index is 1.71. The molecule has 3 rings (SSSR count). The van der Waals surface area contributed by atoms with Gasteiger partial charge in [0, 0.05) is 31.0 Å². The summed E-state index contributed by atoms with van der Waals surface area (Å²) in [5, 5.41) is 2.82. The molecular weight excluding hydrogens is 454 g/mol. The Morgan fingerprint density at radius 3 is 2.33 bits per heavy atom. The number of carbonyl (C=O) groups excluding carboxylic acids is 2. The van der Waals surface area contributed by atoms with Crippen molar-refractivity contribution in [2.45, 2.75) is 32.4 Å². The topological polar surface area (TPSA) is 101 Å². The number of anilines is 2. The number of rotatable bonds is 10. The smallest absolute Gasteiger partial charge is 0.410 e. The fourth-order valence-electron chi connectivity index (χ4n) is 3.78. The molecule has 3 N–H and O–H groups in total. The highest BCUT2D eigenvalue weighted by molar-refractivity contribution is 6.05. The summed E-state index contributed by atoms with van der Waals surface area (Å²) in [4.78, 5) is 33.9. The number of aromatic nitrogens is 1. The molecule has 0 radical (unpaired) electrons. The van der Waals surface area contributed by atoms with Crippen molar-refractivity contribution in [3.05, 3.63) is 89.7 Å². The van der Waals surface area contributed by atoms with E-state index in [-0.39, 0.29) is 18.0 Å². The van der Waals surface area contributed by atoms with Gasteiger partial charge >= 0.3 is 6.09 Å². The molecule has 0 saturated heterocycles. The van der Waals surface area contributed by atoms with E-state index in [2.05, 4.69) is 10.3 Å². The molecule has 2 amide bonds. The molecule has 8 nitrogen and oxygen atoms in total. The van der Waals surface area contributed by atoms with Crippen molar-refractivity contribution in [1.29, 1.82) is 0 Å². The van der Waals surface area contributed by atoms with E-state index in [0.29, 0.717) is 36.4 Å². The van der Waals surface area contributed by atoms with Crippen molar-refractivity contribution in [3.63, 3.8) is 0 Å². The minimum absolute atomic E-state index is 0.194. The van der Waals surface area contributed by atoms with Crippen LogP contribution in [0.5, 0.6) is 0 Å². The maximum absolute atomic E-state index is 13.3. The van der Waals surface area contributed by atoms with Gasteiger partial charge in [-0.2, -0.15) is 0 Å². The molecule has 0 aliphatic rings. The summed E-state index contributed by atoms with van der Waals surface area (Å²) in [6, 6.07) is 17.8. The lowest BCUT2D eigenvalue weighted by Crippen LogP contribution is -2.39. The number of amides is 2. The molecule has 36 heavy (non-hydrogen) atoms. The summed E-state index contributed by atoms with van der Waals surface area (Å²) in [7, 11) is 3.94. The van der Waals surface area contributed by atoms with Crippen molar-refractivity contribution >= 4 is 23.4 Å². The number of benzene rings is 2. The molecule has 1 heterocycles. The van der Waals surface area contributed by atoms with E-state index >= 15 is 0 Å². The predicted molar refractivity (Wildman–Crippen MR) is 143 cm³/mol. The predicted octanol–water partition coefficient (Wildman–Crippen LogP) is 5.13. The van der Waals surface area contributed by atoms with Crippen LogP contribution >= 0.6 is 0 Å². The van der Waals surface area contributed by atoms with E-state index in [1.54, 1.807) is 41.6 Å². The van der Waals surface area contributed by atoms with Crippen LogP contribution in [-0.4, -0.2) is 54.0 Å². The van der Waals surface area contributed by atoms with Crippen LogP contribution in [0.25, 0.3) is 0 Å². The van der Waals surface area contributed by atoms with Gasteiger partial charge in [0.15, 0.2) is 0 Å². The molecule has 3 aromatic rings. The van der Waals surface area contributed by atoms with Crippen molar-refractivity contribution in [2.24, 2.45) is 0 Å². The van der Waals surface area contributed by atoms with Crippen LogP contribution in [0.1, 0.15) is 53.9 Å². The van der Waals surface area contributed by atoms with Crippen molar-refractivity contribution < 1.29 is 14.3 Å². The minimum atomic E-state index is -0.442. The van der Waals surface area contributed by atoms with Gasteiger partial charge in [0.1, 0.15) is 6.10 Å². The van der Waals surface area contributed by atoms with Crippen molar-refractivity contribution in [3.8, 4) is 0 Å². The Hall–Kier alpha value is -3.91. The largest absolute Gasteiger partial charge is 0.441 e. The Kier molecular flexibility index (Phi) is 9.41. The van der Waals surface area contributed by atoms with Gasteiger partial charge in [-0.15, -0.1) is 0 Å². The number of carbonyl (C=O) groups is 2. The molecule has 8 heteroatoms. The SMILES string of the molecule is CC[C@H](OC(=O)N(CCN(C)C)[C@@H](C)c1cccnc1)c1ccc(C(=O)Nc2ccccc2N)cc1. The fraction of sp³-hybridized carbons (Fsp3) is 0.321. The van der Waals surface area contributed by atoms with Crippen LogP contribution in [0.2, 0.25) is 0 Å². The Bertz CT molecular complexity index is 1140. The van der Waals surface area contributed by atoms with E-state index in [9.17, 15) is 9.59 Å². The lowest BCUT2D eigenvalue weighted by atomic mass is 10.0. The highest BCUT2D eigenvalue weighted by Gasteiger charge is 2.26. The van der Waals surface area contributed by atoms with Crippen LogP contribution < -0.4 is 11.1 Å². The average molecular weight is 490 g/mol. The number of nitrogens with zero attached hydrogens (tertiary/aromatic N) is 3. The lowest BCUT2D eigenvalue weighted by molar-refractivity contribution is 0.0482. The molecule has 1 aromatic heterocycles. The van der Waals surface area contributed by atoms with Gasteiger partial charge in [-0.3, -0.25) is 9.78 Å². The zero-order valence-electron chi connectivity index (χ0n) is 21.3. The van der Waals surface area contributed by atoms with Gasteiger partial charge in [-0.1, -0.05) is 37.3 Å². The highest BCUT2D eigenvalue weighted by atomic mass is 16.6.